The fourth-order valence-electron chi connectivity index (χ4n) is 4.91. The lowest BCUT2D eigenvalue weighted by Crippen LogP contribution is -2.29. The molecule has 0 bridgehead atoms. The Bertz CT molecular complexity index is 1480. The van der Waals surface area contributed by atoms with Crippen LogP contribution in [0.25, 0.3) is 0 Å². The van der Waals surface area contributed by atoms with Gasteiger partial charge in [-0.25, -0.2) is 9.37 Å². The van der Waals surface area contributed by atoms with E-state index in [-0.39, 0.29) is 16.5 Å². The lowest BCUT2D eigenvalue weighted by Gasteiger charge is -2.18. The molecule has 1 aliphatic rings. The molecule has 0 amide bonds. The molecule has 4 aromatic rings. The number of ether oxygens (including phenoxy) is 3. The second-order valence-corrected chi connectivity index (χ2v) is 10.7. The molecule has 2 N–H and O–H groups in total. The van der Waals surface area contributed by atoms with Gasteiger partial charge in [0.2, 0.25) is 5.95 Å². The summed E-state index contributed by atoms with van der Waals surface area (Å²) in [7, 11) is 1.74. The van der Waals surface area contributed by atoms with Crippen LogP contribution in [0.3, 0.4) is 0 Å². The molecule has 0 unspecified atom stereocenters. The molecular formula is C33H37ClFN5O3. The van der Waals surface area contributed by atoms with Crippen LogP contribution in [-0.2, 0) is 28.9 Å². The summed E-state index contributed by atoms with van der Waals surface area (Å²) in [5.74, 6) is 0.491. The first-order valence-electron chi connectivity index (χ1n) is 14.5. The molecule has 1 aromatic heterocycles. The van der Waals surface area contributed by atoms with Crippen LogP contribution in [0.1, 0.15) is 23.1 Å². The molecule has 10 heteroatoms. The van der Waals surface area contributed by atoms with Crippen molar-refractivity contribution in [3.05, 3.63) is 100 Å². The quantitative estimate of drug-likeness (QED) is 0.152. The van der Waals surface area contributed by atoms with Crippen molar-refractivity contribution >= 4 is 34.7 Å². The number of methoxy groups -OCH3 is 1. The van der Waals surface area contributed by atoms with Crippen molar-refractivity contribution in [2.45, 2.75) is 25.9 Å². The number of anilines is 4. The highest BCUT2D eigenvalue weighted by Gasteiger charge is 2.16. The van der Waals surface area contributed by atoms with Gasteiger partial charge in [0.25, 0.3) is 0 Å². The fourth-order valence-corrected chi connectivity index (χ4v) is 5.05. The molecule has 43 heavy (non-hydrogen) atoms. The zero-order valence-electron chi connectivity index (χ0n) is 24.3. The van der Waals surface area contributed by atoms with E-state index in [1.54, 1.807) is 19.2 Å². The third-order valence-electron chi connectivity index (χ3n) is 7.23. The Morgan fingerprint density at radius 3 is 2.60 bits per heavy atom. The highest BCUT2D eigenvalue weighted by Crippen LogP contribution is 2.33. The molecule has 0 spiro atoms. The normalized spacial score (nSPS) is 13.3. The molecule has 0 aliphatic carbocycles. The van der Waals surface area contributed by atoms with Crippen molar-refractivity contribution in [3.8, 4) is 5.75 Å². The average molecular weight is 606 g/mol. The average Bonchev–Trinajstić information content (AvgIpc) is 3.23. The standard InChI is InChI=1S/C33H37ClFN5O3/c1-41-20-17-40-15-13-25-11-12-27(21-26(25)14-16-40)37-33-36-22-28(34)32(39-33)38-31-29(35)9-5-10-30(31)43-19-6-18-42-23-24-7-3-2-4-8-24/h2-5,7-12,21-22H,6,13-20,23H2,1H3,(H2,36,37,38,39). The van der Waals surface area contributed by atoms with Gasteiger partial charge in [-0.1, -0.05) is 54.1 Å². The number of aromatic nitrogens is 2. The number of benzene rings is 3. The van der Waals surface area contributed by atoms with Crippen LogP contribution >= 0.6 is 11.6 Å². The van der Waals surface area contributed by atoms with Crippen LogP contribution < -0.4 is 15.4 Å². The van der Waals surface area contributed by atoms with E-state index >= 15 is 0 Å². The maximum absolute atomic E-state index is 14.9. The minimum Gasteiger partial charge on any atom is -0.491 e. The summed E-state index contributed by atoms with van der Waals surface area (Å²) in [6, 6.07) is 21.0. The summed E-state index contributed by atoms with van der Waals surface area (Å²) in [5, 5.41) is 6.55. The van der Waals surface area contributed by atoms with E-state index in [0.29, 0.717) is 37.9 Å². The number of halogens is 2. The monoisotopic (exact) mass is 605 g/mol. The Balaban J connectivity index is 1.19. The van der Waals surface area contributed by atoms with E-state index in [9.17, 15) is 4.39 Å². The van der Waals surface area contributed by atoms with E-state index in [0.717, 1.165) is 50.3 Å². The molecule has 2 heterocycles. The molecule has 0 atom stereocenters. The number of nitrogens with one attached hydrogen (secondary N) is 2. The van der Waals surface area contributed by atoms with Gasteiger partial charge in [-0.2, -0.15) is 4.98 Å². The second kappa shape index (κ2) is 15.6. The summed E-state index contributed by atoms with van der Waals surface area (Å²) in [4.78, 5) is 11.3. The van der Waals surface area contributed by atoms with Crippen molar-refractivity contribution in [3.63, 3.8) is 0 Å². The highest BCUT2D eigenvalue weighted by molar-refractivity contribution is 6.33. The van der Waals surface area contributed by atoms with Crippen LogP contribution in [0.2, 0.25) is 5.02 Å². The number of hydrogen-bond acceptors (Lipinski definition) is 8. The topological polar surface area (TPSA) is 80.8 Å². The van der Waals surface area contributed by atoms with Gasteiger partial charge in [0.1, 0.15) is 16.5 Å². The van der Waals surface area contributed by atoms with E-state index in [2.05, 4.69) is 37.6 Å². The lowest BCUT2D eigenvalue weighted by atomic mass is 10.0. The Morgan fingerprint density at radius 1 is 0.930 bits per heavy atom. The molecule has 0 fully saturated rings. The van der Waals surface area contributed by atoms with Gasteiger partial charge >= 0.3 is 0 Å². The number of nitrogens with zero attached hydrogens (tertiary/aromatic N) is 3. The van der Waals surface area contributed by atoms with Gasteiger partial charge in [-0.05, 0) is 53.8 Å². The number of hydrogen-bond donors (Lipinski definition) is 2. The predicted molar refractivity (Wildman–Crippen MR) is 168 cm³/mol. The number of fused-ring (bicyclic) bond motifs is 1. The van der Waals surface area contributed by atoms with Gasteiger partial charge in [0, 0.05) is 38.9 Å². The SMILES string of the molecule is COCCN1CCc2ccc(Nc3ncc(Cl)c(Nc4c(F)cccc4OCCCOCc4ccccc4)n3)cc2CC1. The first-order chi connectivity index (χ1) is 21.1. The van der Waals surface area contributed by atoms with Crippen LogP contribution in [0.5, 0.6) is 5.75 Å². The van der Waals surface area contributed by atoms with Gasteiger partial charge < -0.3 is 29.7 Å². The zero-order chi connectivity index (χ0) is 29.9. The van der Waals surface area contributed by atoms with Gasteiger partial charge in [-0.3, -0.25) is 0 Å². The van der Waals surface area contributed by atoms with Gasteiger partial charge in [-0.15, -0.1) is 0 Å². The maximum atomic E-state index is 14.9. The summed E-state index contributed by atoms with van der Waals surface area (Å²) in [6.45, 7) is 5.09. The smallest absolute Gasteiger partial charge is 0.229 e. The molecule has 0 saturated heterocycles. The van der Waals surface area contributed by atoms with E-state index in [1.807, 2.05) is 36.4 Å². The molecule has 8 nitrogen and oxygen atoms in total. The summed E-state index contributed by atoms with van der Waals surface area (Å²) in [5.41, 5.74) is 4.79. The summed E-state index contributed by atoms with van der Waals surface area (Å²) < 4.78 is 31.8. The van der Waals surface area contributed by atoms with Crippen molar-refractivity contribution in [1.29, 1.82) is 0 Å². The van der Waals surface area contributed by atoms with Gasteiger partial charge in [0.05, 0.1) is 32.6 Å². The van der Waals surface area contributed by atoms with Crippen molar-refractivity contribution in [2.75, 3.05) is 57.2 Å². The Hall–Kier alpha value is -3.76. The Kier molecular flexibility index (Phi) is 11.2. The van der Waals surface area contributed by atoms with Crippen molar-refractivity contribution in [1.82, 2.24) is 14.9 Å². The molecule has 5 rings (SSSR count). The molecular weight excluding hydrogens is 569 g/mol. The fraction of sp³-hybridized carbons (Fsp3) is 0.333. The minimum atomic E-state index is -0.479. The van der Waals surface area contributed by atoms with Gasteiger partial charge in [0.15, 0.2) is 11.6 Å². The third kappa shape index (κ3) is 8.87. The first kappa shape index (κ1) is 30.7. The highest BCUT2D eigenvalue weighted by atomic mass is 35.5. The van der Waals surface area contributed by atoms with E-state index < -0.39 is 5.82 Å². The Morgan fingerprint density at radius 2 is 1.77 bits per heavy atom. The van der Waals surface area contributed by atoms with Crippen LogP contribution in [-0.4, -0.2) is 61.4 Å². The predicted octanol–water partition coefficient (Wildman–Crippen LogP) is 6.79. The summed E-state index contributed by atoms with van der Waals surface area (Å²) in [6.07, 6.45) is 4.09. The largest absolute Gasteiger partial charge is 0.491 e. The molecule has 1 aliphatic heterocycles. The van der Waals surface area contributed by atoms with E-state index in [1.165, 1.54) is 23.4 Å². The maximum Gasteiger partial charge on any atom is 0.229 e. The van der Waals surface area contributed by atoms with E-state index in [4.69, 9.17) is 25.8 Å². The van der Waals surface area contributed by atoms with Crippen LogP contribution in [0.15, 0.2) is 72.9 Å². The number of para-hydroxylation sites is 1. The second-order valence-electron chi connectivity index (χ2n) is 10.3. The molecule has 0 saturated carbocycles. The zero-order valence-corrected chi connectivity index (χ0v) is 25.1. The molecule has 226 valence electrons. The first-order valence-corrected chi connectivity index (χ1v) is 14.9. The molecule has 3 aromatic carbocycles. The minimum absolute atomic E-state index is 0.155. The lowest BCUT2D eigenvalue weighted by molar-refractivity contribution is 0.107. The van der Waals surface area contributed by atoms with Crippen molar-refractivity contribution in [2.24, 2.45) is 0 Å². The van der Waals surface area contributed by atoms with Crippen LogP contribution in [0.4, 0.5) is 27.5 Å². The summed E-state index contributed by atoms with van der Waals surface area (Å²) >= 11 is 6.42. The number of rotatable bonds is 14. The molecule has 0 radical (unpaired) electrons. The van der Waals surface area contributed by atoms with Crippen LogP contribution in [0, 0.1) is 5.82 Å². The third-order valence-corrected chi connectivity index (χ3v) is 7.51. The Labute approximate surface area is 257 Å². The van der Waals surface area contributed by atoms with Crippen molar-refractivity contribution < 1.29 is 18.6 Å².